The van der Waals surface area contributed by atoms with E-state index in [1.54, 1.807) is 30.3 Å². The number of hydrogen-bond donors (Lipinski definition) is 1. The lowest BCUT2D eigenvalue weighted by molar-refractivity contribution is 0.489. The van der Waals surface area contributed by atoms with E-state index in [0.29, 0.717) is 22.0 Å². The van der Waals surface area contributed by atoms with E-state index in [4.69, 9.17) is 10.2 Å². The van der Waals surface area contributed by atoms with Gasteiger partial charge >= 0.3 is 0 Å². The molecule has 0 aliphatic carbocycles. The number of nitrogen functional groups attached to an aromatic ring is 1. The zero-order valence-corrected chi connectivity index (χ0v) is 10.1. The van der Waals surface area contributed by atoms with Crippen LogP contribution in [0.4, 0.5) is 10.1 Å². The highest BCUT2D eigenvalue weighted by Crippen LogP contribution is 2.31. The highest BCUT2D eigenvalue weighted by atomic mass is 32.2. The lowest BCUT2D eigenvalue weighted by Crippen LogP contribution is -1.84. The van der Waals surface area contributed by atoms with Gasteiger partial charge < -0.3 is 10.2 Å². The van der Waals surface area contributed by atoms with Crippen LogP contribution in [0.25, 0.3) is 11.1 Å². The highest BCUT2D eigenvalue weighted by molar-refractivity contribution is 7.99. The lowest BCUT2D eigenvalue weighted by Gasteiger charge is -1.95. The van der Waals surface area contributed by atoms with Gasteiger partial charge in [0.15, 0.2) is 5.58 Å². The Bertz CT molecular complexity index is 711. The third-order valence-corrected chi connectivity index (χ3v) is 3.27. The van der Waals surface area contributed by atoms with Gasteiger partial charge in [-0.3, -0.25) is 0 Å². The number of halogens is 1. The van der Waals surface area contributed by atoms with Gasteiger partial charge in [0.25, 0.3) is 5.22 Å². The summed E-state index contributed by atoms with van der Waals surface area (Å²) in [5.41, 5.74) is 7.64. The Morgan fingerprint density at radius 2 is 2.00 bits per heavy atom. The number of nitrogens with zero attached hydrogens (tertiary/aromatic N) is 1. The quantitative estimate of drug-likeness (QED) is 0.714. The summed E-state index contributed by atoms with van der Waals surface area (Å²) < 4.78 is 18.6. The Morgan fingerprint density at radius 1 is 1.17 bits per heavy atom. The fourth-order valence-corrected chi connectivity index (χ4v) is 2.41. The molecule has 3 aromatic rings. The predicted molar refractivity (Wildman–Crippen MR) is 68.9 cm³/mol. The van der Waals surface area contributed by atoms with Crippen LogP contribution in [0.5, 0.6) is 0 Å². The average molecular weight is 260 g/mol. The van der Waals surface area contributed by atoms with Gasteiger partial charge in [0.1, 0.15) is 11.3 Å². The van der Waals surface area contributed by atoms with E-state index in [-0.39, 0.29) is 5.82 Å². The Hall–Kier alpha value is -2.01. The van der Waals surface area contributed by atoms with Crippen molar-refractivity contribution < 1.29 is 8.81 Å². The van der Waals surface area contributed by atoms with Gasteiger partial charge in [-0.25, -0.2) is 9.37 Å². The van der Waals surface area contributed by atoms with Crippen molar-refractivity contribution in [2.24, 2.45) is 0 Å². The molecule has 0 fully saturated rings. The predicted octanol–water partition coefficient (Wildman–Crippen LogP) is 3.70. The van der Waals surface area contributed by atoms with Crippen molar-refractivity contribution in [3.05, 3.63) is 48.3 Å². The van der Waals surface area contributed by atoms with Crippen LogP contribution in [-0.2, 0) is 0 Å². The molecule has 3 rings (SSSR count). The van der Waals surface area contributed by atoms with Gasteiger partial charge in [0.2, 0.25) is 0 Å². The molecule has 2 aromatic carbocycles. The average Bonchev–Trinajstić information content (AvgIpc) is 2.73. The molecule has 0 atom stereocenters. The summed E-state index contributed by atoms with van der Waals surface area (Å²) in [7, 11) is 0. The van der Waals surface area contributed by atoms with Gasteiger partial charge in [0, 0.05) is 4.90 Å². The van der Waals surface area contributed by atoms with Crippen LogP contribution in [0.2, 0.25) is 0 Å². The Labute approximate surface area is 107 Å². The minimum absolute atomic E-state index is 0.282. The first-order valence-corrected chi connectivity index (χ1v) is 6.12. The van der Waals surface area contributed by atoms with Crippen molar-refractivity contribution >= 4 is 28.5 Å². The zero-order chi connectivity index (χ0) is 12.5. The Kier molecular flexibility index (Phi) is 2.68. The summed E-state index contributed by atoms with van der Waals surface area (Å²) in [6, 6.07) is 11.6. The molecular formula is C13H9FN2OS. The summed E-state index contributed by atoms with van der Waals surface area (Å²) in [4.78, 5) is 5.02. The van der Waals surface area contributed by atoms with E-state index in [2.05, 4.69) is 4.98 Å². The van der Waals surface area contributed by atoms with E-state index in [9.17, 15) is 4.39 Å². The molecule has 2 N–H and O–H groups in total. The molecule has 0 saturated heterocycles. The van der Waals surface area contributed by atoms with Crippen molar-refractivity contribution in [1.29, 1.82) is 0 Å². The summed E-state index contributed by atoms with van der Waals surface area (Å²) in [6.07, 6.45) is 0. The van der Waals surface area contributed by atoms with E-state index >= 15 is 0 Å². The van der Waals surface area contributed by atoms with Crippen molar-refractivity contribution in [1.82, 2.24) is 4.98 Å². The molecule has 0 bridgehead atoms. The second-order valence-corrected chi connectivity index (χ2v) is 4.76. The van der Waals surface area contributed by atoms with Crippen LogP contribution in [0.1, 0.15) is 0 Å². The molecular weight excluding hydrogens is 251 g/mol. The monoisotopic (exact) mass is 260 g/mol. The first kappa shape index (κ1) is 11.1. The number of fused-ring (bicyclic) bond motifs is 1. The summed E-state index contributed by atoms with van der Waals surface area (Å²) >= 11 is 1.26. The van der Waals surface area contributed by atoms with Crippen LogP contribution in [0, 0.1) is 5.82 Å². The first-order chi connectivity index (χ1) is 8.72. The summed E-state index contributed by atoms with van der Waals surface area (Å²) in [5, 5.41) is 0.452. The van der Waals surface area contributed by atoms with E-state index < -0.39 is 0 Å². The molecule has 18 heavy (non-hydrogen) atoms. The molecule has 5 heteroatoms. The molecule has 0 aliphatic rings. The second kappa shape index (κ2) is 4.34. The lowest BCUT2D eigenvalue weighted by atomic mass is 10.3. The van der Waals surface area contributed by atoms with Crippen molar-refractivity contribution in [2.75, 3.05) is 5.73 Å². The van der Waals surface area contributed by atoms with Crippen molar-refractivity contribution in [3.63, 3.8) is 0 Å². The van der Waals surface area contributed by atoms with Crippen LogP contribution in [0.3, 0.4) is 0 Å². The number of hydrogen-bond acceptors (Lipinski definition) is 4. The molecule has 1 aromatic heterocycles. The third-order valence-electron chi connectivity index (χ3n) is 2.43. The number of para-hydroxylation sites is 1. The number of rotatable bonds is 2. The SMILES string of the molecule is Nc1cccc2oc(Sc3cccc(F)c3)nc12. The van der Waals surface area contributed by atoms with Crippen LogP contribution in [-0.4, -0.2) is 4.98 Å². The topological polar surface area (TPSA) is 52.0 Å². The molecule has 0 saturated carbocycles. The fourth-order valence-electron chi connectivity index (χ4n) is 1.62. The molecule has 0 amide bonds. The number of anilines is 1. The molecule has 1 heterocycles. The Balaban J connectivity index is 1.98. The number of nitrogens with two attached hydrogens (primary N) is 1. The summed E-state index contributed by atoms with van der Waals surface area (Å²) in [5.74, 6) is -0.282. The fraction of sp³-hybridized carbons (Fsp3) is 0. The Morgan fingerprint density at radius 3 is 2.78 bits per heavy atom. The molecule has 90 valence electrons. The molecule has 0 spiro atoms. The minimum atomic E-state index is -0.282. The minimum Gasteiger partial charge on any atom is -0.431 e. The second-order valence-electron chi connectivity index (χ2n) is 3.73. The van der Waals surface area contributed by atoms with Crippen molar-refractivity contribution in [2.45, 2.75) is 10.1 Å². The zero-order valence-electron chi connectivity index (χ0n) is 9.26. The molecule has 0 unspecified atom stereocenters. The van der Waals surface area contributed by atoms with Gasteiger partial charge in [-0.05, 0) is 42.1 Å². The standard InChI is InChI=1S/C13H9FN2OS/c14-8-3-1-4-9(7-8)18-13-16-12-10(15)5-2-6-11(12)17-13/h1-7H,15H2. The van der Waals surface area contributed by atoms with Crippen molar-refractivity contribution in [3.8, 4) is 0 Å². The van der Waals surface area contributed by atoms with Gasteiger partial charge in [-0.1, -0.05) is 12.1 Å². The number of benzene rings is 2. The van der Waals surface area contributed by atoms with E-state index in [0.717, 1.165) is 4.90 Å². The van der Waals surface area contributed by atoms with Crippen LogP contribution < -0.4 is 5.73 Å². The van der Waals surface area contributed by atoms with E-state index in [1.165, 1.54) is 23.9 Å². The van der Waals surface area contributed by atoms with Gasteiger partial charge in [-0.15, -0.1) is 0 Å². The largest absolute Gasteiger partial charge is 0.431 e. The molecule has 3 nitrogen and oxygen atoms in total. The van der Waals surface area contributed by atoms with E-state index in [1.807, 2.05) is 0 Å². The van der Waals surface area contributed by atoms with Gasteiger partial charge in [0.05, 0.1) is 5.69 Å². The normalized spacial score (nSPS) is 10.9. The van der Waals surface area contributed by atoms with Crippen LogP contribution in [0.15, 0.2) is 57.0 Å². The van der Waals surface area contributed by atoms with Crippen LogP contribution >= 0.6 is 11.8 Å². The first-order valence-electron chi connectivity index (χ1n) is 5.31. The summed E-state index contributed by atoms with van der Waals surface area (Å²) in [6.45, 7) is 0. The smallest absolute Gasteiger partial charge is 0.261 e. The maximum absolute atomic E-state index is 13.1. The highest BCUT2D eigenvalue weighted by Gasteiger charge is 2.09. The molecule has 0 aliphatic heterocycles. The maximum Gasteiger partial charge on any atom is 0.261 e. The van der Waals surface area contributed by atoms with Gasteiger partial charge in [-0.2, -0.15) is 0 Å². The number of aromatic nitrogens is 1. The number of oxazole rings is 1. The molecule has 0 radical (unpaired) electrons. The maximum atomic E-state index is 13.1. The third kappa shape index (κ3) is 2.04.